The molecule has 2 N–H and O–H groups in total. The van der Waals surface area contributed by atoms with Gasteiger partial charge in [0, 0.05) is 26.3 Å². The lowest BCUT2D eigenvalue weighted by Gasteiger charge is -2.29. The maximum atomic E-state index is 12.6. The molecule has 0 atom stereocenters. The van der Waals surface area contributed by atoms with Crippen LogP contribution in [0.5, 0.6) is 0 Å². The molecule has 1 aliphatic rings. The molecular formula is C16H21N3O2S. The van der Waals surface area contributed by atoms with E-state index >= 15 is 0 Å². The van der Waals surface area contributed by atoms with Crippen LogP contribution in [0.3, 0.4) is 0 Å². The van der Waals surface area contributed by atoms with Gasteiger partial charge in [0.05, 0.1) is 17.0 Å². The van der Waals surface area contributed by atoms with Crippen LogP contribution in [-0.4, -0.2) is 36.2 Å². The number of thiophene rings is 1. The Hall–Kier alpha value is -1.66. The molecule has 0 saturated heterocycles. The summed E-state index contributed by atoms with van der Waals surface area (Å²) in [6, 6.07) is 1.96. The summed E-state index contributed by atoms with van der Waals surface area (Å²) in [4.78, 5) is 13.7. The highest BCUT2D eigenvalue weighted by Gasteiger charge is 2.36. The van der Waals surface area contributed by atoms with Gasteiger partial charge in [-0.1, -0.05) is 13.8 Å². The van der Waals surface area contributed by atoms with Gasteiger partial charge in [0.1, 0.15) is 10.7 Å². The van der Waals surface area contributed by atoms with Crippen molar-refractivity contribution in [3.8, 4) is 10.6 Å². The van der Waals surface area contributed by atoms with E-state index in [0.29, 0.717) is 19.6 Å². The molecule has 2 aromatic rings. The van der Waals surface area contributed by atoms with Crippen LogP contribution >= 0.6 is 11.3 Å². The second kappa shape index (κ2) is 5.85. The molecule has 2 heterocycles. The summed E-state index contributed by atoms with van der Waals surface area (Å²) in [7, 11) is 1.67. The van der Waals surface area contributed by atoms with Gasteiger partial charge in [-0.25, -0.2) is 0 Å². The molecule has 0 bridgehead atoms. The predicted molar refractivity (Wildman–Crippen MR) is 88.7 cm³/mol. The van der Waals surface area contributed by atoms with Crippen LogP contribution in [0.25, 0.3) is 10.6 Å². The Kier molecular flexibility index (Phi) is 4.06. The molecular weight excluding hydrogens is 298 g/mol. The highest BCUT2D eigenvalue weighted by molar-refractivity contribution is 7.20. The maximum Gasteiger partial charge on any atom is 0.166 e. The smallest absolute Gasteiger partial charge is 0.166 e. The van der Waals surface area contributed by atoms with Crippen LogP contribution in [-0.2, 0) is 11.2 Å². The number of fused-ring (bicyclic) bond motifs is 1. The van der Waals surface area contributed by atoms with Gasteiger partial charge in [0.2, 0.25) is 0 Å². The molecule has 0 amide bonds. The number of anilines is 1. The minimum absolute atomic E-state index is 0.0000133. The largest absolute Gasteiger partial charge is 0.383 e. The third kappa shape index (κ3) is 2.80. The number of methoxy groups -OCH3 is 1. The van der Waals surface area contributed by atoms with Gasteiger partial charge in [-0.3, -0.25) is 9.89 Å². The number of ether oxygens (including phenoxy) is 1. The summed E-state index contributed by atoms with van der Waals surface area (Å²) in [5.41, 5.74) is 2.91. The molecule has 6 heteroatoms. The van der Waals surface area contributed by atoms with Crippen molar-refractivity contribution in [3.63, 3.8) is 0 Å². The molecule has 0 unspecified atom stereocenters. The van der Waals surface area contributed by atoms with Gasteiger partial charge in [-0.05, 0) is 23.5 Å². The van der Waals surface area contributed by atoms with Gasteiger partial charge < -0.3 is 10.1 Å². The second-order valence-corrected chi connectivity index (χ2v) is 7.45. The minimum Gasteiger partial charge on any atom is -0.383 e. The third-order valence-electron chi connectivity index (χ3n) is 3.91. The van der Waals surface area contributed by atoms with E-state index in [-0.39, 0.29) is 11.2 Å². The lowest BCUT2D eigenvalue weighted by atomic mass is 9.74. The lowest BCUT2D eigenvalue weighted by Crippen LogP contribution is -2.27. The monoisotopic (exact) mass is 319 g/mol. The Bertz CT molecular complexity index is 674. The Morgan fingerprint density at radius 3 is 2.95 bits per heavy atom. The number of nitrogens with one attached hydrogen (secondary N) is 2. The average Bonchev–Trinajstić information content (AvgIpc) is 3.05. The van der Waals surface area contributed by atoms with Crippen molar-refractivity contribution in [2.45, 2.75) is 26.7 Å². The maximum absolute atomic E-state index is 12.6. The molecule has 118 valence electrons. The van der Waals surface area contributed by atoms with Crippen molar-refractivity contribution in [2.24, 2.45) is 5.41 Å². The number of aromatic amines is 1. The Morgan fingerprint density at radius 1 is 1.45 bits per heavy atom. The van der Waals surface area contributed by atoms with E-state index in [0.717, 1.165) is 33.1 Å². The van der Waals surface area contributed by atoms with E-state index in [2.05, 4.69) is 29.4 Å². The molecule has 0 saturated carbocycles. The van der Waals surface area contributed by atoms with E-state index in [4.69, 9.17) is 4.74 Å². The van der Waals surface area contributed by atoms with Crippen molar-refractivity contribution >= 4 is 22.1 Å². The molecule has 0 aromatic carbocycles. The predicted octanol–water partition coefficient (Wildman–Crippen LogP) is 3.35. The zero-order valence-corrected chi connectivity index (χ0v) is 14.0. The highest BCUT2D eigenvalue weighted by Crippen LogP contribution is 2.47. The highest BCUT2D eigenvalue weighted by atomic mass is 32.1. The quantitative estimate of drug-likeness (QED) is 0.829. The van der Waals surface area contributed by atoms with Gasteiger partial charge in [0.25, 0.3) is 0 Å². The van der Waals surface area contributed by atoms with Crippen LogP contribution in [0, 0.1) is 5.41 Å². The van der Waals surface area contributed by atoms with Crippen molar-refractivity contribution in [2.75, 3.05) is 25.6 Å². The van der Waals surface area contributed by atoms with Crippen molar-refractivity contribution < 1.29 is 9.53 Å². The number of H-pyrrole nitrogens is 1. The van der Waals surface area contributed by atoms with Crippen LogP contribution in [0.1, 0.15) is 36.2 Å². The Morgan fingerprint density at radius 2 is 2.27 bits per heavy atom. The molecule has 3 rings (SSSR count). The topological polar surface area (TPSA) is 67.0 Å². The number of carbonyl (C=O) groups is 1. The number of Topliss-reactive ketones (excluding diaryl/α,β-unsaturated/α-hetero) is 1. The number of aromatic nitrogens is 2. The van der Waals surface area contributed by atoms with Crippen LogP contribution in [0.15, 0.2) is 12.3 Å². The van der Waals surface area contributed by atoms with E-state index in [1.807, 2.05) is 12.3 Å². The normalized spacial score (nSPS) is 16.6. The van der Waals surface area contributed by atoms with E-state index in [9.17, 15) is 4.79 Å². The first-order chi connectivity index (χ1) is 10.5. The summed E-state index contributed by atoms with van der Waals surface area (Å²) in [5, 5.41) is 11.5. The fourth-order valence-corrected chi connectivity index (χ4v) is 4.21. The summed E-state index contributed by atoms with van der Waals surface area (Å²) in [6.07, 6.45) is 3.31. The summed E-state index contributed by atoms with van der Waals surface area (Å²) in [6.45, 7) is 5.61. The fourth-order valence-electron chi connectivity index (χ4n) is 2.98. The first-order valence-electron chi connectivity index (χ1n) is 7.43. The Balaban J connectivity index is 2.05. The molecule has 0 radical (unpaired) electrons. The van der Waals surface area contributed by atoms with Gasteiger partial charge in [-0.15, -0.1) is 11.3 Å². The Labute approximate surface area is 134 Å². The third-order valence-corrected chi connectivity index (χ3v) is 5.12. The zero-order chi connectivity index (χ0) is 15.7. The second-order valence-electron chi connectivity index (χ2n) is 6.43. The number of hydrogen-bond acceptors (Lipinski definition) is 5. The summed E-state index contributed by atoms with van der Waals surface area (Å²) in [5.74, 6) is 0.226. The molecule has 1 aliphatic carbocycles. The number of rotatable bonds is 5. The fraction of sp³-hybridized carbons (Fsp3) is 0.500. The number of carbonyl (C=O) groups excluding carboxylic acids is 1. The van der Waals surface area contributed by atoms with Crippen molar-refractivity contribution in [1.82, 2.24) is 10.2 Å². The van der Waals surface area contributed by atoms with Crippen LogP contribution in [0.2, 0.25) is 0 Å². The van der Waals surface area contributed by atoms with Gasteiger partial charge >= 0.3 is 0 Å². The van der Waals surface area contributed by atoms with E-state index < -0.39 is 0 Å². The minimum atomic E-state index is 0.0000133. The molecule has 2 aromatic heterocycles. The molecule has 5 nitrogen and oxygen atoms in total. The number of ketones is 1. The summed E-state index contributed by atoms with van der Waals surface area (Å²) < 4.78 is 5.09. The average molecular weight is 319 g/mol. The van der Waals surface area contributed by atoms with Gasteiger partial charge in [-0.2, -0.15) is 5.10 Å². The SMILES string of the molecule is COCCNc1sc(-c2cc[nH]n2)c2c1C(=O)CC(C)(C)C2. The van der Waals surface area contributed by atoms with Gasteiger partial charge in [0.15, 0.2) is 5.78 Å². The molecule has 0 spiro atoms. The lowest BCUT2D eigenvalue weighted by molar-refractivity contribution is 0.0914. The standard InChI is InChI=1S/C16H21N3O2S/c1-16(2)8-10-13(12(20)9-16)15(17-6-7-21-3)22-14(10)11-4-5-18-19-11/h4-5,17H,6-9H2,1-3H3,(H,18,19). The van der Waals surface area contributed by atoms with Crippen LogP contribution in [0.4, 0.5) is 5.00 Å². The van der Waals surface area contributed by atoms with E-state index in [1.165, 1.54) is 0 Å². The van der Waals surface area contributed by atoms with Crippen LogP contribution < -0.4 is 5.32 Å². The number of hydrogen-bond donors (Lipinski definition) is 2. The molecule has 22 heavy (non-hydrogen) atoms. The number of nitrogens with zero attached hydrogens (tertiary/aromatic N) is 1. The van der Waals surface area contributed by atoms with Crippen molar-refractivity contribution in [3.05, 3.63) is 23.4 Å². The first-order valence-corrected chi connectivity index (χ1v) is 8.25. The first kappa shape index (κ1) is 15.2. The summed E-state index contributed by atoms with van der Waals surface area (Å²) >= 11 is 1.62. The van der Waals surface area contributed by atoms with Crippen molar-refractivity contribution in [1.29, 1.82) is 0 Å². The zero-order valence-electron chi connectivity index (χ0n) is 13.2. The van der Waals surface area contributed by atoms with E-state index in [1.54, 1.807) is 18.4 Å². The molecule has 0 fully saturated rings. The molecule has 0 aliphatic heterocycles.